The van der Waals surface area contributed by atoms with Gasteiger partial charge in [-0.3, -0.25) is 9.36 Å². The average Bonchev–Trinajstić information content (AvgIpc) is 3.46. The van der Waals surface area contributed by atoms with Gasteiger partial charge in [0, 0.05) is 13.1 Å². The highest BCUT2D eigenvalue weighted by atomic mass is 32.2. The van der Waals surface area contributed by atoms with Gasteiger partial charge in [-0.15, -0.1) is 10.2 Å². The Morgan fingerprint density at radius 1 is 0.970 bits per heavy atom. The summed E-state index contributed by atoms with van der Waals surface area (Å²) in [6.45, 7) is 7.51. The van der Waals surface area contributed by atoms with Crippen molar-refractivity contribution in [3.8, 4) is 5.69 Å². The van der Waals surface area contributed by atoms with Crippen LogP contribution in [0.4, 0.5) is 16.2 Å². The van der Waals surface area contributed by atoms with E-state index in [0.29, 0.717) is 16.5 Å². The molecule has 0 unspecified atom stereocenters. The molecule has 1 aliphatic rings. The molecular formula is C24H28N6O2S. The second kappa shape index (κ2) is 10.1. The van der Waals surface area contributed by atoms with Crippen molar-refractivity contribution in [1.82, 2.24) is 19.7 Å². The summed E-state index contributed by atoms with van der Waals surface area (Å²) in [5.74, 6) is 0.745. The molecule has 9 heteroatoms. The maximum atomic E-state index is 12.7. The molecule has 2 heterocycles. The molecule has 1 saturated heterocycles. The molecule has 1 aromatic heterocycles. The van der Waals surface area contributed by atoms with Gasteiger partial charge < -0.3 is 15.5 Å². The van der Waals surface area contributed by atoms with Crippen LogP contribution < -0.4 is 10.6 Å². The molecule has 8 nitrogen and oxygen atoms in total. The number of benzene rings is 2. The topological polar surface area (TPSA) is 92.1 Å². The van der Waals surface area contributed by atoms with Crippen molar-refractivity contribution in [2.24, 2.45) is 0 Å². The smallest absolute Gasteiger partial charge is 0.321 e. The molecular weight excluding hydrogens is 436 g/mol. The standard InChI is InChI=1S/C24H28N6O2S/c1-16-10-11-17(2)21(14-16)30-18(3)27-28-24(30)33-15-22(31)25-19-8-4-5-9-20(19)26-23(32)29-12-6-7-13-29/h4-5,8-11,14H,6-7,12-13,15H2,1-3H3,(H,25,31)(H,26,32). The number of carbonyl (C=O) groups is 2. The van der Waals surface area contributed by atoms with Crippen LogP contribution in [-0.2, 0) is 4.79 Å². The lowest BCUT2D eigenvalue weighted by molar-refractivity contribution is -0.113. The van der Waals surface area contributed by atoms with Gasteiger partial charge in [0.2, 0.25) is 5.91 Å². The Bertz CT molecular complexity index is 1170. The first-order valence-corrected chi connectivity index (χ1v) is 12.0. The summed E-state index contributed by atoms with van der Waals surface area (Å²) < 4.78 is 1.98. The SMILES string of the molecule is Cc1ccc(C)c(-n2c(C)nnc2SCC(=O)Nc2ccccc2NC(=O)N2CCCC2)c1. The van der Waals surface area contributed by atoms with Gasteiger partial charge >= 0.3 is 6.03 Å². The molecule has 0 atom stereocenters. The van der Waals surface area contributed by atoms with Gasteiger partial charge in [0.1, 0.15) is 5.82 Å². The summed E-state index contributed by atoms with van der Waals surface area (Å²) in [6.07, 6.45) is 2.05. The van der Waals surface area contributed by atoms with Crippen LogP contribution in [0.5, 0.6) is 0 Å². The second-order valence-corrected chi connectivity index (χ2v) is 9.10. The number of nitrogens with one attached hydrogen (secondary N) is 2. The molecule has 172 valence electrons. The van der Waals surface area contributed by atoms with Crippen molar-refractivity contribution < 1.29 is 9.59 Å². The lowest BCUT2D eigenvalue weighted by atomic mass is 10.1. The first-order valence-electron chi connectivity index (χ1n) is 11.0. The molecule has 3 amide bonds. The number of hydrogen-bond acceptors (Lipinski definition) is 5. The van der Waals surface area contributed by atoms with Crippen LogP contribution >= 0.6 is 11.8 Å². The van der Waals surface area contributed by atoms with Crippen molar-refractivity contribution in [2.45, 2.75) is 38.8 Å². The molecule has 4 rings (SSSR count). The third-order valence-electron chi connectivity index (χ3n) is 5.57. The first-order chi connectivity index (χ1) is 15.9. The van der Waals surface area contributed by atoms with Gasteiger partial charge in [-0.2, -0.15) is 0 Å². The van der Waals surface area contributed by atoms with Crippen LogP contribution in [0.2, 0.25) is 0 Å². The van der Waals surface area contributed by atoms with Gasteiger partial charge in [0.15, 0.2) is 5.16 Å². The molecule has 0 saturated carbocycles. The minimum Gasteiger partial charge on any atom is -0.325 e. The monoisotopic (exact) mass is 464 g/mol. The van der Waals surface area contributed by atoms with Gasteiger partial charge in [0.25, 0.3) is 0 Å². The molecule has 0 radical (unpaired) electrons. The minimum absolute atomic E-state index is 0.138. The fraction of sp³-hybridized carbons (Fsp3) is 0.333. The fourth-order valence-corrected chi connectivity index (χ4v) is 4.60. The highest BCUT2D eigenvalue weighted by Gasteiger charge is 2.19. The largest absolute Gasteiger partial charge is 0.325 e. The molecule has 33 heavy (non-hydrogen) atoms. The Labute approximate surface area is 197 Å². The van der Waals surface area contributed by atoms with Crippen molar-refractivity contribution in [2.75, 3.05) is 29.5 Å². The number of hydrogen-bond donors (Lipinski definition) is 2. The quantitative estimate of drug-likeness (QED) is 0.522. The van der Waals surface area contributed by atoms with Crippen molar-refractivity contribution >= 4 is 35.1 Å². The zero-order valence-electron chi connectivity index (χ0n) is 19.1. The molecule has 1 aliphatic heterocycles. The Morgan fingerprint density at radius 3 is 2.39 bits per heavy atom. The summed E-state index contributed by atoms with van der Waals surface area (Å²) in [6, 6.07) is 13.3. The number of thioether (sulfide) groups is 1. The molecule has 1 fully saturated rings. The Balaban J connectivity index is 1.43. The Kier molecular flexibility index (Phi) is 6.98. The van der Waals surface area contributed by atoms with E-state index in [0.717, 1.165) is 48.6 Å². The molecule has 2 aromatic carbocycles. The third kappa shape index (κ3) is 5.36. The number of rotatable bonds is 6. The number of likely N-dealkylation sites (tertiary alicyclic amines) is 1. The van der Waals surface area contributed by atoms with Gasteiger partial charge in [-0.05, 0) is 62.9 Å². The van der Waals surface area contributed by atoms with Crippen LogP contribution in [0.3, 0.4) is 0 Å². The van der Waals surface area contributed by atoms with E-state index in [1.54, 1.807) is 17.0 Å². The van der Waals surface area contributed by atoms with Crippen molar-refractivity contribution in [3.63, 3.8) is 0 Å². The van der Waals surface area contributed by atoms with E-state index in [1.807, 2.05) is 37.5 Å². The number of anilines is 2. The molecule has 0 spiro atoms. The summed E-state index contributed by atoms with van der Waals surface area (Å²) in [5.41, 5.74) is 4.42. The van der Waals surface area contributed by atoms with Crippen LogP contribution in [-0.4, -0.2) is 50.4 Å². The number of amides is 3. The number of para-hydroxylation sites is 2. The number of carbonyl (C=O) groups excluding carboxylic acids is 2. The first kappa shape index (κ1) is 22.8. The Morgan fingerprint density at radius 2 is 1.67 bits per heavy atom. The fourth-order valence-electron chi connectivity index (χ4n) is 3.81. The summed E-state index contributed by atoms with van der Waals surface area (Å²) in [7, 11) is 0. The number of urea groups is 1. The molecule has 0 bridgehead atoms. The van der Waals surface area contributed by atoms with Crippen LogP contribution in [0.25, 0.3) is 5.69 Å². The normalized spacial score (nSPS) is 13.2. The summed E-state index contributed by atoms with van der Waals surface area (Å²) in [5, 5.41) is 15.0. The molecule has 3 aromatic rings. The third-order valence-corrected chi connectivity index (χ3v) is 6.50. The Hall–Kier alpha value is -3.33. The summed E-state index contributed by atoms with van der Waals surface area (Å²) >= 11 is 1.33. The lowest BCUT2D eigenvalue weighted by Gasteiger charge is -2.18. The average molecular weight is 465 g/mol. The summed E-state index contributed by atoms with van der Waals surface area (Å²) in [4.78, 5) is 27.0. The highest BCUT2D eigenvalue weighted by molar-refractivity contribution is 7.99. The van der Waals surface area contributed by atoms with E-state index in [4.69, 9.17) is 0 Å². The number of nitrogens with zero attached hydrogens (tertiary/aromatic N) is 4. The predicted molar refractivity (Wildman–Crippen MR) is 131 cm³/mol. The molecule has 0 aliphatic carbocycles. The number of aromatic nitrogens is 3. The molecule has 2 N–H and O–H groups in total. The van der Waals surface area contributed by atoms with E-state index in [9.17, 15) is 9.59 Å². The maximum Gasteiger partial charge on any atom is 0.321 e. The lowest BCUT2D eigenvalue weighted by Crippen LogP contribution is -2.32. The zero-order valence-corrected chi connectivity index (χ0v) is 19.9. The van der Waals surface area contributed by atoms with E-state index in [1.165, 1.54) is 11.8 Å². The van der Waals surface area contributed by atoms with E-state index >= 15 is 0 Å². The van der Waals surface area contributed by atoms with E-state index < -0.39 is 0 Å². The van der Waals surface area contributed by atoms with Crippen molar-refractivity contribution in [1.29, 1.82) is 0 Å². The zero-order chi connectivity index (χ0) is 23.4. The van der Waals surface area contributed by atoms with Gasteiger partial charge in [0.05, 0.1) is 22.8 Å². The van der Waals surface area contributed by atoms with Crippen LogP contribution in [0.1, 0.15) is 29.8 Å². The van der Waals surface area contributed by atoms with Gasteiger partial charge in [-0.1, -0.05) is 36.0 Å². The predicted octanol–water partition coefficient (Wildman–Crippen LogP) is 4.55. The minimum atomic E-state index is -0.184. The van der Waals surface area contributed by atoms with Crippen LogP contribution in [0.15, 0.2) is 47.6 Å². The second-order valence-electron chi connectivity index (χ2n) is 8.16. The van der Waals surface area contributed by atoms with E-state index in [2.05, 4.69) is 39.0 Å². The van der Waals surface area contributed by atoms with Gasteiger partial charge in [-0.25, -0.2) is 4.79 Å². The van der Waals surface area contributed by atoms with Crippen molar-refractivity contribution in [3.05, 3.63) is 59.4 Å². The highest BCUT2D eigenvalue weighted by Crippen LogP contribution is 2.26. The number of aryl methyl sites for hydroxylation is 3. The maximum absolute atomic E-state index is 12.7. The van der Waals surface area contributed by atoms with Crippen LogP contribution in [0, 0.1) is 20.8 Å². The van der Waals surface area contributed by atoms with E-state index in [-0.39, 0.29) is 17.7 Å².